The van der Waals surface area contributed by atoms with E-state index in [2.05, 4.69) is 29.6 Å². The molecule has 2 aliphatic carbocycles. The Labute approximate surface area is 152 Å². The molecule has 3 rings (SSSR count). The zero-order valence-corrected chi connectivity index (χ0v) is 14.6. The molecular weight excluding hydrogens is 332 g/mol. The van der Waals surface area contributed by atoms with Crippen LogP contribution in [0.25, 0.3) is 0 Å². The van der Waals surface area contributed by atoms with Crippen LogP contribution in [0.1, 0.15) is 38.5 Å². The van der Waals surface area contributed by atoms with Crippen molar-refractivity contribution >= 4 is 17.3 Å². The number of nitrogens with one attached hydrogen (secondary N) is 1. The number of nitro groups is 1. The number of non-ortho nitro benzene ring substituents is 1. The first-order valence-corrected chi connectivity index (χ1v) is 9.16. The van der Waals surface area contributed by atoms with Crippen LogP contribution in [0.15, 0.2) is 42.5 Å². The standard InChI is InChI=1S/C20H24N2O4/c23-18-13-14(22(25)26)11-12-17(18)21-20(24)19-15-9-7-5-3-1-2-4-6-8-10-16(15)19/h3-6,11-13,15-16,19,23H,1-2,7-10H2,(H,21,24)/b5-3-,6-4-/t15-,16-/m1/s1. The van der Waals surface area contributed by atoms with Crippen LogP contribution in [-0.2, 0) is 4.79 Å². The number of carbonyl (C=O) groups is 1. The molecule has 6 nitrogen and oxygen atoms in total. The van der Waals surface area contributed by atoms with Crippen LogP contribution >= 0.6 is 0 Å². The Morgan fingerprint density at radius 3 is 2.15 bits per heavy atom. The van der Waals surface area contributed by atoms with Crippen molar-refractivity contribution in [3.63, 3.8) is 0 Å². The molecule has 1 aromatic rings. The van der Waals surface area contributed by atoms with Crippen LogP contribution in [0, 0.1) is 27.9 Å². The number of benzene rings is 1. The normalized spacial score (nSPS) is 27.9. The number of phenols is 1. The minimum Gasteiger partial charge on any atom is -0.506 e. The van der Waals surface area contributed by atoms with E-state index in [0.717, 1.165) is 44.6 Å². The summed E-state index contributed by atoms with van der Waals surface area (Å²) in [4.78, 5) is 22.8. The molecule has 6 heteroatoms. The van der Waals surface area contributed by atoms with Gasteiger partial charge in [0.25, 0.3) is 5.69 Å². The molecule has 2 atom stereocenters. The predicted molar refractivity (Wildman–Crippen MR) is 99.8 cm³/mol. The van der Waals surface area contributed by atoms with Gasteiger partial charge in [0.05, 0.1) is 16.7 Å². The van der Waals surface area contributed by atoms with Gasteiger partial charge < -0.3 is 10.4 Å². The van der Waals surface area contributed by atoms with Gasteiger partial charge in [0.15, 0.2) is 0 Å². The molecule has 0 heterocycles. The summed E-state index contributed by atoms with van der Waals surface area (Å²) in [5.74, 6) is 0.303. The molecule has 0 aliphatic heterocycles. The Morgan fingerprint density at radius 2 is 1.62 bits per heavy atom. The zero-order valence-electron chi connectivity index (χ0n) is 14.6. The average molecular weight is 356 g/mol. The molecule has 1 aromatic carbocycles. The smallest absolute Gasteiger partial charge is 0.273 e. The highest BCUT2D eigenvalue weighted by molar-refractivity contribution is 5.96. The molecule has 138 valence electrons. The summed E-state index contributed by atoms with van der Waals surface area (Å²) in [7, 11) is 0. The van der Waals surface area contributed by atoms with E-state index < -0.39 is 4.92 Å². The van der Waals surface area contributed by atoms with Gasteiger partial charge in [0, 0.05) is 12.0 Å². The number of hydrogen-bond acceptors (Lipinski definition) is 4. The van der Waals surface area contributed by atoms with E-state index in [1.165, 1.54) is 12.1 Å². The van der Waals surface area contributed by atoms with Crippen LogP contribution in [0.5, 0.6) is 5.75 Å². The van der Waals surface area contributed by atoms with Crippen LogP contribution in [-0.4, -0.2) is 15.9 Å². The maximum atomic E-state index is 12.7. The number of amides is 1. The fourth-order valence-electron chi connectivity index (χ4n) is 3.82. The molecule has 0 saturated heterocycles. The first-order chi connectivity index (χ1) is 12.6. The van der Waals surface area contributed by atoms with Crippen LogP contribution in [0.4, 0.5) is 11.4 Å². The SMILES string of the molecule is O=C(Nc1ccc([N+](=O)[O-])cc1O)C1[C@@H]2CC/C=C\CC/C=C\CC[C@@H]12. The first kappa shape index (κ1) is 18.2. The average Bonchev–Trinajstić information content (AvgIpc) is 3.29. The van der Waals surface area contributed by atoms with Gasteiger partial charge in [0.1, 0.15) is 5.75 Å². The maximum absolute atomic E-state index is 12.7. The topological polar surface area (TPSA) is 92.5 Å². The van der Waals surface area contributed by atoms with E-state index in [4.69, 9.17) is 0 Å². The highest BCUT2D eigenvalue weighted by atomic mass is 16.6. The molecule has 0 aromatic heterocycles. The predicted octanol–water partition coefficient (Wildman–Crippen LogP) is 4.57. The van der Waals surface area contributed by atoms with Gasteiger partial charge in [-0.3, -0.25) is 14.9 Å². The van der Waals surface area contributed by atoms with Gasteiger partial charge in [-0.05, 0) is 56.4 Å². The number of fused-ring (bicyclic) bond motifs is 1. The zero-order chi connectivity index (χ0) is 18.5. The molecule has 0 spiro atoms. The number of anilines is 1. The Kier molecular flexibility index (Phi) is 5.71. The van der Waals surface area contributed by atoms with Crippen molar-refractivity contribution in [2.75, 3.05) is 5.32 Å². The highest BCUT2D eigenvalue weighted by Gasteiger charge is 2.52. The lowest BCUT2D eigenvalue weighted by molar-refractivity contribution is -0.384. The minimum absolute atomic E-state index is 0.0489. The van der Waals surface area contributed by atoms with Gasteiger partial charge in [0.2, 0.25) is 5.91 Å². The molecule has 0 unspecified atom stereocenters. The van der Waals surface area contributed by atoms with Crippen LogP contribution < -0.4 is 5.32 Å². The van der Waals surface area contributed by atoms with Gasteiger partial charge in [-0.15, -0.1) is 0 Å². The van der Waals surface area contributed by atoms with Gasteiger partial charge in [-0.2, -0.15) is 0 Å². The van der Waals surface area contributed by atoms with Crippen molar-refractivity contribution in [1.29, 1.82) is 0 Å². The first-order valence-electron chi connectivity index (χ1n) is 9.16. The van der Waals surface area contributed by atoms with E-state index in [9.17, 15) is 20.0 Å². The Balaban J connectivity index is 1.65. The van der Waals surface area contributed by atoms with E-state index in [-0.39, 0.29) is 28.9 Å². The number of phenolic OH excluding ortho intramolecular Hbond substituents is 1. The van der Waals surface area contributed by atoms with Crippen LogP contribution in [0.3, 0.4) is 0 Å². The van der Waals surface area contributed by atoms with Crippen molar-refractivity contribution in [3.05, 3.63) is 52.6 Å². The van der Waals surface area contributed by atoms with Crippen molar-refractivity contribution in [1.82, 2.24) is 0 Å². The van der Waals surface area contributed by atoms with E-state index in [1.807, 2.05) is 0 Å². The summed E-state index contributed by atoms with van der Waals surface area (Å²) >= 11 is 0. The lowest BCUT2D eigenvalue weighted by Crippen LogP contribution is -2.16. The summed E-state index contributed by atoms with van der Waals surface area (Å²) < 4.78 is 0. The molecule has 0 radical (unpaired) electrons. The summed E-state index contributed by atoms with van der Waals surface area (Å²) in [5, 5.41) is 23.4. The monoisotopic (exact) mass is 356 g/mol. The van der Waals surface area contributed by atoms with Crippen molar-refractivity contribution in [2.24, 2.45) is 17.8 Å². The number of carbonyl (C=O) groups excluding carboxylic acids is 1. The van der Waals surface area contributed by atoms with E-state index in [1.54, 1.807) is 0 Å². The summed E-state index contributed by atoms with van der Waals surface area (Å²) in [6.45, 7) is 0. The van der Waals surface area contributed by atoms with Gasteiger partial charge in [-0.1, -0.05) is 24.3 Å². The summed E-state index contributed by atoms with van der Waals surface area (Å²) in [6, 6.07) is 3.72. The number of nitro benzene ring substituents is 1. The summed E-state index contributed by atoms with van der Waals surface area (Å²) in [5.41, 5.74) is 0.0227. The third-order valence-electron chi connectivity index (χ3n) is 5.25. The maximum Gasteiger partial charge on any atom is 0.273 e. The number of allylic oxidation sites excluding steroid dienone is 4. The molecular formula is C20H24N2O4. The third-order valence-corrected chi connectivity index (χ3v) is 5.25. The molecule has 1 saturated carbocycles. The third kappa shape index (κ3) is 4.31. The fraction of sp³-hybridized carbons (Fsp3) is 0.450. The van der Waals surface area contributed by atoms with E-state index in [0.29, 0.717) is 11.8 Å². The largest absolute Gasteiger partial charge is 0.506 e. The second-order valence-electron chi connectivity index (χ2n) is 6.98. The number of hydrogen-bond donors (Lipinski definition) is 2. The Hall–Kier alpha value is -2.63. The molecule has 2 N–H and O–H groups in total. The van der Waals surface area contributed by atoms with Gasteiger partial charge >= 0.3 is 0 Å². The molecule has 0 bridgehead atoms. The van der Waals surface area contributed by atoms with Crippen molar-refractivity contribution < 1.29 is 14.8 Å². The molecule has 1 fully saturated rings. The summed E-state index contributed by atoms with van der Waals surface area (Å²) in [6.07, 6.45) is 14.9. The lowest BCUT2D eigenvalue weighted by Gasteiger charge is -2.07. The van der Waals surface area contributed by atoms with E-state index >= 15 is 0 Å². The fourth-order valence-corrected chi connectivity index (χ4v) is 3.82. The Morgan fingerprint density at radius 1 is 1.04 bits per heavy atom. The highest BCUT2D eigenvalue weighted by Crippen LogP contribution is 2.52. The van der Waals surface area contributed by atoms with Crippen molar-refractivity contribution in [3.8, 4) is 5.75 Å². The van der Waals surface area contributed by atoms with Crippen LogP contribution in [0.2, 0.25) is 0 Å². The number of rotatable bonds is 3. The molecule has 2 aliphatic rings. The number of nitrogens with zero attached hydrogens (tertiary/aromatic N) is 1. The minimum atomic E-state index is -0.577. The Bertz CT molecular complexity index is 717. The number of aromatic hydroxyl groups is 1. The second kappa shape index (κ2) is 8.17. The lowest BCUT2D eigenvalue weighted by atomic mass is 10.1. The quantitative estimate of drug-likeness (QED) is 0.359. The van der Waals surface area contributed by atoms with Crippen molar-refractivity contribution in [2.45, 2.75) is 38.5 Å². The molecule has 1 amide bonds. The molecule has 26 heavy (non-hydrogen) atoms. The van der Waals surface area contributed by atoms with Gasteiger partial charge in [-0.25, -0.2) is 0 Å². The second-order valence-corrected chi connectivity index (χ2v) is 6.98.